The summed E-state index contributed by atoms with van der Waals surface area (Å²) in [4.78, 5) is 9.31. The molecule has 0 aliphatic rings. The largest absolute Gasteiger partial charge is 0.255 e. The highest BCUT2D eigenvalue weighted by molar-refractivity contribution is 5.89. The fourth-order valence-corrected chi connectivity index (χ4v) is 2.72. The fraction of sp³-hybridized carbons (Fsp3) is 0. The molecule has 0 saturated heterocycles. The summed E-state index contributed by atoms with van der Waals surface area (Å²) in [6.07, 6.45) is 1.80. The molecule has 0 saturated carbocycles. The van der Waals surface area contributed by atoms with Gasteiger partial charge in [0.25, 0.3) is 0 Å². The van der Waals surface area contributed by atoms with E-state index in [1.54, 1.807) is 6.20 Å². The van der Waals surface area contributed by atoms with Gasteiger partial charge in [0.1, 0.15) is 0 Å². The predicted molar refractivity (Wildman–Crippen MR) is 94.9 cm³/mol. The summed E-state index contributed by atoms with van der Waals surface area (Å²) in [5, 5.41) is 0. The maximum atomic E-state index is 4.87. The van der Waals surface area contributed by atoms with Crippen LogP contribution < -0.4 is 0 Å². The Morgan fingerprint density at radius 1 is 0.696 bits per heavy atom. The number of hydrogen-bond donors (Lipinski definition) is 0. The summed E-state index contributed by atoms with van der Waals surface area (Å²) in [7, 11) is 0. The Bertz CT molecular complexity index is 958. The minimum absolute atomic E-state index is 0.904. The molecule has 0 N–H and O–H groups in total. The van der Waals surface area contributed by atoms with Gasteiger partial charge >= 0.3 is 0 Å². The third kappa shape index (κ3) is 2.59. The van der Waals surface area contributed by atoms with E-state index in [4.69, 9.17) is 4.98 Å². The molecular weight excluding hydrogens is 280 g/mol. The van der Waals surface area contributed by atoms with E-state index in [0.717, 1.165) is 39.0 Å². The van der Waals surface area contributed by atoms with E-state index in [0.29, 0.717) is 0 Å². The van der Waals surface area contributed by atoms with Crippen molar-refractivity contribution >= 4 is 11.0 Å². The van der Waals surface area contributed by atoms with Crippen molar-refractivity contribution in [1.82, 2.24) is 9.97 Å². The normalized spacial score (nSPS) is 10.8. The van der Waals surface area contributed by atoms with Crippen LogP contribution in [0.5, 0.6) is 0 Å². The van der Waals surface area contributed by atoms with E-state index in [-0.39, 0.29) is 0 Å². The zero-order valence-electron chi connectivity index (χ0n) is 12.6. The summed E-state index contributed by atoms with van der Waals surface area (Å²) < 4.78 is 0. The number of rotatable bonds is 2. The van der Waals surface area contributed by atoms with Crippen LogP contribution in [0.4, 0.5) is 0 Å². The lowest BCUT2D eigenvalue weighted by atomic mass is 9.98. The van der Waals surface area contributed by atoms with Gasteiger partial charge in [0.15, 0.2) is 0 Å². The molecule has 0 bridgehead atoms. The number of fused-ring (bicyclic) bond motifs is 1. The standard InChI is InChI=1S/C21H15N2/c1-15-9-11-17(12-10-15)21-18(16-6-3-2-4-7-16)14-20-19(23-21)8-5-13-22-20/h2-14H,1H2. The van der Waals surface area contributed by atoms with Crippen molar-refractivity contribution in [3.8, 4) is 22.4 Å². The molecule has 4 rings (SSSR count). The molecule has 0 spiro atoms. The smallest absolute Gasteiger partial charge is 0.0894 e. The van der Waals surface area contributed by atoms with Crippen LogP contribution >= 0.6 is 0 Å². The SMILES string of the molecule is [CH2]c1ccc(-c2nc3cccnc3cc2-c2ccccc2)cc1. The predicted octanol–water partition coefficient (Wildman–Crippen LogP) is 5.15. The van der Waals surface area contributed by atoms with Gasteiger partial charge in [-0.1, -0.05) is 54.6 Å². The molecule has 0 atom stereocenters. The van der Waals surface area contributed by atoms with Crippen molar-refractivity contribution in [2.24, 2.45) is 0 Å². The highest BCUT2D eigenvalue weighted by Crippen LogP contribution is 2.32. The van der Waals surface area contributed by atoms with Crippen LogP contribution in [0, 0.1) is 6.92 Å². The summed E-state index contributed by atoms with van der Waals surface area (Å²) in [5.74, 6) is 0. The molecule has 0 aliphatic heterocycles. The maximum absolute atomic E-state index is 4.87. The van der Waals surface area contributed by atoms with Gasteiger partial charge in [-0.05, 0) is 36.2 Å². The van der Waals surface area contributed by atoms with Gasteiger partial charge in [-0.25, -0.2) is 4.98 Å². The number of hydrogen-bond acceptors (Lipinski definition) is 2. The van der Waals surface area contributed by atoms with Crippen LogP contribution in [0.25, 0.3) is 33.4 Å². The molecule has 2 heteroatoms. The first kappa shape index (κ1) is 13.6. The monoisotopic (exact) mass is 295 g/mol. The second-order valence-corrected chi connectivity index (χ2v) is 5.49. The van der Waals surface area contributed by atoms with E-state index in [9.17, 15) is 0 Å². The second kappa shape index (κ2) is 5.65. The Morgan fingerprint density at radius 3 is 2.26 bits per heavy atom. The molecule has 0 aliphatic carbocycles. The molecule has 2 aromatic carbocycles. The lowest BCUT2D eigenvalue weighted by Crippen LogP contribution is -1.92. The molecule has 4 aromatic rings. The first-order valence-electron chi connectivity index (χ1n) is 7.55. The van der Waals surface area contributed by atoms with E-state index >= 15 is 0 Å². The van der Waals surface area contributed by atoms with Crippen LogP contribution in [-0.4, -0.2) is 9.97 Å². The van der Waals surface area contributed by atoms with Gasteiger partial charge in [-0.15, -0.1) is 0 Å². The van der Waals surface area contributed by atoms with Crippen LogP contribution in [0.15, 0.2) is 79.0 Å². The van der Waals surface area contributed by atoms with Crippen molar-refractivity contribution in [2.45, 2.75) is 0 Å². The Balaban J connectivity index is 2.02. The van der Waals surface area contributed by atoms with Gasteiger partial charge in [0.2, 0.25) is 0 Å². The molecule has 0 fully saturated rings. The third-order valence-corrected chi connectivity index (χ3v) is 3.90. The molecule has 23 heavy (non-hydrogen) atoms. The first-order valence-corrected chi connectivity index (χ1v) is 7.55. The van der Waals surface area contributed by atoms with Crippen molar-refractivity contribution in [1.29, 1.82) is 0 Å². The van der Waals surface area contributed by atoms with Gasteiger partial charge in [0.05, 0.1) is 16.7 Å². The minimum Gasteiger partial charge on any atom is -0.255 e. The average Bonchev–Trinajstić information content (AvgIpc) is 2.62. The van der Waals surface area contributed by atoms with E-state index in [1.165, 1.54) is 0 Å². The van der Waals surface area contributed by atoms with Crippen LogP contribution in [0.3, 0.4) is 0 Å². The minimum atomic E-state index is 0.904. The first-order chi connectivity index (χ1) is 11.3. The van der Waals surface area contributed by atoms with Gasteiger partial charge in [0, 0.05) is 17.3 Å². The van der Waals surface area contributed by atoms with Crippen molar-refractivity contribution < 1.29 is 0 Å². The Morgan fingerprint density at radius 2 is 1.48 bits per heavy atom. The molecule has 0 unspecified atom stereocenters. The molecule has 0 amide bonds. The lowest BCUT2D eigenvalue weighted by Gasteiger charge is -2.11. The molecule has 2 heterocycles. The third-order valence-electron chi connectivity index (χ3n) is 3.90. The zero-order valence-corrected chi connectivity index (χ0v) is 12.6. The molecule has 109 valence electrons. The van der Waals surface area contributed by atoms with Crippen molar-refractivity contribution in [2.75, 3.05) is 0 Å². The zero-order chi connectivity index (χ0) is 15.6. The Labute approximate surface area is 135 Å². The number of nitrogens with zero attached hydrogens (tertiary/aromatic N) is 2. The summed E-state index contributed by atoms with van der Waals surface area (Å²) in [5.41, 5.74) is 7.09. The lowest BCUT2D eigenvalue weighted by molar-refractivity contribution is 1.33. The highest BCUT2D eigenvalue weighted by atomic mass is 14.8. The maximum Gasteiger partial charge on any atom is 0.0894 e. The molecular formula is C21H15N2. The molecule has 1 radical (unpaired) electrons. The number of benzene rings is 2. The highest BCUT2D eigenvalue weighted by Gasteiger charge is 2.11. The van der Waals surface area contributed by atoms with Gasteiger partial charge < -0.3 is 0 Å². The summed E-state index contributed by atoms with van der Waals surface area (Å²) >= 11 is 0. The number of aromatic nitrogens is 2. The van der Waals surface area contributed by atoms with Gasteiger partial charge in [-0.2, -0.15) is 0 Å². The van der Waals surface area contributed by atoms with Crippen molar-refractivity contribution in [3.05, 3.63) is 91.5 Å². The second-order valence-electron chi connectivity index (χ2n) is 5.49. The summed E-state index contributed by atoms with van der Waals surface area (Å²) in [6.45, 7) is 3.96. The van der Waals surface area contributed by atoms with Gasteiger partial charge in [-0.3, -0.25) is 4.98 Å². The van der Waals surface area contributed by atoms with Crippen LogP contribution in [0.1, 0.15) is 5.56 Å². The fourth-order valence-electron chi connectivity index (χ4n) is 2.72. The Kier molecular flexibility index (Phi) is 3.35. The van der Waals surface area contributed by atoms with Crippen molar-refractivity contribution in [3.63, 3.8) is 0 Å². The average molecular weight is 295 g/mol. The summed E-state index contributed by atoms with van der Waals surface area (Å²) in [6, 6.07) is 24.5. The Hall–Kier alpha value is -3.00. The topological polar surface area (TPSA) is 25.8 Å². The molecule has 2 nitrogen and oxygen atoms in total. The van der Waals surface area contributed by atoms with E-state index in [2.05, 4.69) is 42.2 Å². The number of pyridine rings is 2. The van der Waals surface area contributed by atoms with E-state index < -0.39 is 0 Å². The van der Waals surface area contributed by atoms with Crippen LogP contribution in [0.2, 0.25) is 0 Å². The van der Waals surface area contributed by atoms with Crippen LogP contribution in [-0.2, 0) is 0 Å². The quantitative estimate of drug-likeness (QED) is 0.511. The molecule has 2 aromatic heterocycles. The van der Waals surface area contributed by atoms with E-state index in [1.807, 2.05) is 42.5 Å².